The van der Waals surface area contributed by atoms with Crippen LogP contribution in [0.15, 0.2) is 85.0 Å². The maximum Gasteiger partial charge on any atom is 0.338 e. The lowest BCUT2D eigenvalue weighted by Gasteiger charge is -2.25. The summed E-state index contributed by atoms with van der Waals surface area (Å²) < 4.78 is 13.5. The first-order chi connectivity index (χ1) is 19.6. The van der Waals surface area contributed by atoms with Gasteiger partial charge in [0.2, 0.25) is 0 Å². The molecule has 0 spiro atoms. The number of thioether (sulfide) groups is 1. The summed E-state index contributed by atoms with van der Waals surface area (Å²) in [6.45, 7) is 7.04. The third-order valence-corrected chi connectivity index (χ3v) is 8.47. The molecule has 0 saturated heterocycles. The zero-order valence-electron chi connectivity index (χ0n) is 23.1. The van der Waals surface area contributed by atoms with Crippen LogP contribution in [0.3, 0.4) is 0 Å². The van der Waals surface area contributed by atoms with E-state index >= 15 is 0 Å². The van der Waals surface area contributed by atoms with E-state index in [4.69, 9.17) is 9.15 Å². The third-order valence-electron chi connectivity index (χ3n) is 6.75. The first-order valence-corrected chi connectivity index (χ1v) is 14.9. The van der Waals surface area contributed by atoms with Crippen molar-refractivity contribution < 1.29 is 23.8 Å². The number of aromatic carboxylic acids is 1. The molecule has 2 aromatic heterocycles. The molecular weight excluding hydrogens is 560 g/mol. The summed E-state index contributed by atoms with van der Waals surface area (Å²) in [6, 6.07) is 15.5. The van der Waals surface area contributed by atoms with Gasteiger partial charge in [-0.2, -0.15) is 0 Å². The minimum absolute atomic E-state index is 0.196. The van der Waals surface area contributed by atoms with Crippen molar-refractivity contribution in [3.8, 4) is 11.3 Å². The van der Waals surface area contributed by atoms with Gasteiger partial charge < -0.3 is 14.3 Å². The number of allylic oxidation sites excluding steroid dienone is 1. The fraction of sp³-hybridized carbons (Fsp3) is 0.226. The lowest BCUT2D eigenvalue weighted by atomic mass is 9.96. The highest BCUT2D eigenvalue weighted by atomic mass is 32.2. The molecular formula is C31H28N2O6S2. The van der Waals surface area contributed by atoms with Crippen molar-refractivity contribution in [2.45, 2.75) is 44.7 Å². The van der Waals surface area contributed by atoms with Gasteiger partial charge in [-0.25, -0.2) is 14.6 Å². The first kappa shape index (κ1) is 28.4. The van der Waals surface area contributed by atoms with Crippen LogP contribution >= 0.6 is 23.1 Å². The van der Waals surface area contributed by atoms with Crippen molar-refractivity contribution in [3.63, 3.8) is 0 Å². The van der Waals surface area contributed by atoms with E-state index in [-0.39, 0.29) is 17.2 Å². The SMILES string of the molecule is CSc1ccc([C@@H]2C(C(=O)OC(C)C)=C(C)N=c3s/c(=C\c4ccc(-c5cccc(C(=O)O)c5C)o4)c(=O)n32)cc1. The summed E-state index contributed by atoms with van der Waals surface area (Å²) in [6.07, 6.45) is 3.29. The molecule has 0 amide bonds. The van der Waals surface area contributed by atoms with Crippen LogP contribution in [0, 0.1) is 6.92 Å². The molecule has 4 aromatic rings. The number of rotatable bonds is 7. The number of carboxylic acids is 1. The smallest absolute Gasteiger partial charge is 0.338 e. The molecule has 8 nitrogen and oxygen atoms in total. The Morgan fingerprint density at radius 1 is 1.12 bits per heavy atom. The molecule has 0 bridgehead atoms. The normalized spacial score (nSPS) is 15.2. The van der Waals surface area contributed by atoms with Crippen LogP contribution in [0.25, 0.3) is 17.4 Å². The summed E-state index contributed by atoms with van der Waals surface area (Å²) >= 11 is 2.81. The lowest BCUT2D eigenvalue weighted by molar-refractivity contribution is -0.143. The Morgan fingerprint density at radius 3 is 2.51 bits per heavy atom. The number of carbonyl (C=O) groups excluding carboxylic acids is 1. The van der Waals surface area contributed by atoms with Crippen LogP contribution in [0.2, 0.25) is 0 Å². The highest BCUT2D eigenvalue weighted by Gasteiger charge is 2.33. The van der Waals surface area contributed by atoms with Crippen LogP contribution in [-0.4, -0.2) is 34.0 Å². The van der Waals surface area contributed by atoms with Crippen molar-refractivity contribution in [1.82, 2.24) is 4.57 Å². The molecule has 1 aliphatic heterocycles. The second-order valence-electron chi connectivity index (χ2n) is 9.79. The van der Waals surface area contributed by atoms with E-state index in [9.17, 15) is 19.5 Å². The molecule has 3 heterocycles. The number of hydrogen-bond acceptors (Lipinski definition) is 8. The number of benzene rings is 2. The Balaban J connectivity index is 1.62. The van der Waals surface area contributed by atoms with Gasteiger partial charge in [-0.15, -0.1) is 11.8 Å². The van der Waals surface area contributed by atoms with E-state index in [1.807, 2.05) is 30.5 Å². The fourth-order valence-corrected chi connectivity index (χ4v) is 6.24. The Hall–Kier alpha value is -4.15. The zero-order valence-corrected chi connectivity index (χ0v) is 24.8. The van der Waals surface area contributed by atoms with Gasteiger partial charge in [0.1, 0.15) is 11.5 Å². The van der Waals surface area contributed by atoms with Crippen LogP contribution in [0.1, 0.15) is 54.1 Å². The molecule has 1 N–H and O–H groups in total. The zero-order chi connectivity index (χ0) is 29.4. The number of aromatic nitrogens is 1. The maximum atomic E-state index is 13.9. The maximum absolute atomic E-state index is 13.9. The standard InChI is InChI=1S/C31H28N2O6S2/c1-16(2)38-30(37)26-18(4)32-31-33(27(26)19-9-12-21(40-5)13-10-19)28(34)25(41-31)15-20-11-14-24(39-20)22-7-6-8-23(17(22)3)29(35)36/h6-16,27H,1-5H3,(H,35,36)/b25-15-/t27-/m1/s1. The van der Waals surface area contributed by atoms with Gasteiger partial charge >= 0.3 is 11.9 Å². The Kier molecular flexibility index (Phi) is 7.88. The highest BCUT2D eigenvalue weighted by Crippen LogP contribution is 2.32. The quantitative estimate of drug-likeness (QED) is 0.234. The van der Waals surface area contributed by atoms with Gasteiger partial charge in [0, 0.05) is 16.5 Å². The predicted molar refractivity (Wildman–Crippen MR) is 159 cm³/mol. The number of fused-ring (bicyclic) bond motifs is 1. The van der Waals surface area contributed by atoms with Gasteiger partial charge in [-0.1, -0.05) is 35.6 Å². The molecule has 10 heteroatoms. The van der Waals surface area contributed by atoms with Crippen molar-refractivity contribution in [2.24, 2.45) is 4.99 Å². The molecule has 210 valence electrons. The predicted octanol–water partition coefficient (Wildman–Crippen LogP) is 5.18. The lowest BCUT2D eigenvalue weighted by Crippen LogP contribution is -2.40. The van der Waals surface area contributed by atoms with Crippen molar-refractivity contribution in [1.29, 1.82) is 0 Å². The summed E-state index contributed by atoms with van der Waals surface area (Å²) in [5, 5.41) is 9.48. The number of carbonyl (C=O) groups is 2. The molecule has 41 heavy (non-hydrogen) atoms. The van der Waals surface area contributed by atoms with Gasteiger partial charge in [0.25, 0.3) is 5.56 Å². The molecule has 0 radical (unpaired) electrons. The summed E-state index contributed by atoms with van der Waals surface area (Å²) in [4.78, 5) is 44.9. The minimum atomic E-state index is -1.01. The Morgan fingerprint density at radius 2 is 1.85 bits per heavy atom. The molecule has 0 fully saturated rings. The van der Waals surface area contributed by atoms with Crippen LogP contribution in [0.4, 0.5) is 0 Å². The number of hydrogen-bond donors (Lipinski definition) is 1. The summed E-state index contributed by atoms with van der Waals surface area (Å²) in [5.41, 5.74) is 2.72. The van der Waals surface area contributed by atoms with Gasteiger partial charge in [0.15, 0.2) is 4.80 Å². The van der Waals surface area contributed by atoms with E-state index in [0.717, 1.165) is 10.5 Å². The van der Waals surface area contributed by atoms with Crippen LogP contribution < -0.4 is 14.9 Å². The molecule has 1 atom stereocenters. The van der Waals surface area contributed by atoms with Gasteiger partial charge in [-0.3, -0.25) is 9.36 Å². The average Bonchev–Trinajstić information content (AvgIpc) is 3.51. The number of ether oxygens (including phenoxy) is 1. The molecule has 0 saturated carbocycles. The van der Waals surface area contributed by atoms with E-state index in [0.29, 0.717) is 43.3 Å². The van der Waals surface area contributed by atoms with Gasteiger partial charge in [0.05, 0.1) is 33.5 Å². The minimum Gasteiger partial charge on any atom is -0.478 e. The van der Waals surface area contributed by atoms with Crippen molar-refractivity contribution in [3.05, 3.63) is 108 Å². The number of carboxylic acid groups (broad SMARTS) is 1. The summed E-state index contributed by atoms with van der Waals surface area (Å²) in [7, 11) is 0. The molecule has 2 aromatic carbocycles. The Bertz CT molecular complexity index is 1880. The van der Waals surface area contributed by atoms with E-state index in [1.165, 1.54) is 11.3 Å². The fourth-order valence-electron chi connectivity index (χ4n) is 4.80. The number of esters is 1. The molecule has 0 aliphatic carbocycles. The van der Waals surface area contributed by atoms with E-state index in [1.54, 1.807) is 80.4 Å². The summed E-state index contributed by atoms with van der Waals surface area (Å²) in [5.74, 6) is -0.599. The van der Waals surface area contributed by atoms with Crippen LogP contribution in [0.5, 0.6) is 0 Å². The first-order valence-electron chi connectivity index (χ1n) is 12.9. The second-order valence-corrected chi connectivity index (χ2v) is 11.7. The van der Waals surface area contributed by atoms with Crippen LogP contribution in [-0.2, 0) is 9.53 Å². The Labute approximate surface area is 244 Å². The number of thiazole rings is 1. The molecule has 5 rings (SSSR count). The van der Waals surface area contributed by atoms with E-state index < -0.39 is 18.0 Å². The largest absolute Gasteiger partial charge is 0.478 e. The monoisotopic (exact) mass is 588 g/mol. The third kappa shape index (κ3) is 5.45. The van der Waals surface area contributed by atoms with Crippen molar-refractivity contribution in [2.75, 3.05) is 6.26 Å². The molecule has 0 unspecified atom stereocenters. The molecule has 1 aliphatic rings. The highest BCUT2D eigenvalue weighted by molar-refractivity contribution is 7.98. The average molecular weight is 589 g/mol. The second kappa shape index (κ2) is 11.4. The van der Waals surface area contributed by atoms with E-state index in [2.05, 4.69) is 4.99 Å². The topological polar surface area (TPSA) is 111 Å². The van der Waals surface area contributed by atoms with Gasteiger partial charge in [-0.05, 0) is 75.4 Å². The van der Waals surface area contributed by atoms with Crippen molar-refractivity contribution >= 4 is 41.1 Å². The number of nitrogens with zero attached hydrogens (tertiary/aromatic N) is 2. The number of furan rings is 1.